The van der Waals surface area contributed by atoms with Crippen molar-refractivity contribution in [1.82, 2.24) is 0 Å². The van der Waals surface area contributed by atoms with E-state index in [1.165, 1.54) is 28.8 Å². The van der Waals surface area contributed by atoms with E-state index in [9.17, 15) is 0 Å². The Balaban J connectivity index is 1.84. The molecule has 21 heavy (non-hydrogen) atoms. The molecule has 0 saturated heterocycles. The number of hydrogen-bond donors (Lipinski definition) is 1. The quantitative estimate of drug-likeness (QED) is 0.781. The molecule has 0 fully saturated rings. The molecule has 0 aromatic heterocycles. The molecular weight excluding hydrogens is 254 g/mol. The molecule has 3 rings (SSSR count). The first-order valence-corrected chi connectivity index (χ1v) is 7.86. The van der Waals surface area contributed by atoms with Crippen LogP contribution in [0.25, 0.3) is 5.57 Å². The van der Waals surface area contributed by atoms with Gasteiger partial charge in [-0.3, -0.25) is 0 Å². The summed E-state index contributed by atoms with van der Waals surface area (Å²) in [6, 6.07) is 19.8. The molecule has 0 saturated carbocycles. The van der Waals surface area contributed by atoms with E-state index >= 15 is 0 Å². The Morgan fingerprint density at radius 2 is 1.67 bits per heavy atom. The summed E-state index contributed by atoms with van der Waals surface area (Å²) < 4.78 is 0. The topological polar surface area (TPSA) is 12.0 Å². The fourth-order valence-electron chi connectivity index (χ4n) is 3.12. The number of para-hydroxylation sites is 1. The summed E-state index contributed by atoms with van der Waals surface area (Å²) in [4.78, 5) is 0. The van der Waals surface area contributed by atoms with Gasteiger partial charge in [-0.2, -0.15) is 0 Å². The third-order valence-corrected chi connectivity index (χ3v) is 4.21. The van der Waals surface area contributed by atoms with Gasteiger partial charge >= 0.3 is 0 Å². The SMILES string of the molecule is CC(C)c1ccccc1NC1CCC=C1c1ccccc1. The summed E-state index contributed by atoms with van der Waals surface area (Å²) >= 11 is 0. The highest BCUT2D eigenvalue weighted by Gasteiger charge is 2.21. The molecule has 0 aliphatic heterocycles. The Hall–Kier alpha value is -2.02. The zero-order valence-corrected chi connectivity index (χ0v) is 12.8. The molecule has 0 heterocycles. The zero-order chi connectivity index (χ0) is 14.7. The van der Waals surface area contributed by atoms with Gasteiger partial charge in [-0.15, -0.1) is 0 Å². The Morgan fingerprint density at radius 1 is 0.952 bits per heavy atom. The van der Waals surface area contributed by atoms with Crippen LogP contribution in [0, 0.1) is 0 Å². The molecule has 1 aliphatic carbocycles. The highest BCUT2D eigenvalue weighted by molar-refractivity contribution is 5.75. The van der Waals surface area contributed by atoms with Gasteiger partial charge in [0.1, 0.15) is 0 Å². The predicted molar refractivity (Wildman–Crippen MR) is 91.6 cm³/mol. The maximum atomic E-state index is 3.77. The number of anilines is 1. The molecule has 0 spiro atoms. The van der Waals surface area contributed by atoms with E-state index in [1.54, 1.807) is 0 Å². The average Bonchev–Trinajstić information content (AvgIpc) is 2.96. The lowest BCUT2D eigenvalue weighted by Crippen LogP contribution is -2.19. The van der Waals surface area contributed by atoms with Crippen molar-refractivity contribution in [2.45, 2.75) is 38.6 Å². The van der Waals surface area contributed by atoms with Crippen LogP contribution in [0.3, 0.4) is 0 Å². The second kappa shape index (κ2) is 6.17. The molecule has 1 atom stereocenters. The molecule has 1 aliphatic rings. The highest BCUT2D eigenvalue weighted by atomic mass is 14.9. The predicted octanol–water partition coefficient (Wildman–Crippen LogP) is 5.47. The van der Waals surface area contributed by atoms with Crippen molar-refractivity contribution in [3.63, 3.8) is 0 Å². The van der Waals surface area contributed by atoms with Crippen LogP contribution >= 0.6 is 0 Å². The summed E-state index contributed by atoms with van der Waals surface area (Å²) in [6.45, 7) is 4.51. The fraction of sp³-hybridized carbons (Fsp3) is 0.300. The number of rotatable bonds is 4. The summed E-state index contributed by atoms with van der Waals surface area (Å²) in [5.74, 6) is 0.541. The Labute approximate surface area is 127 Å². The van der Waals surface area contributed by atoms with E-state index in [-0.39, 0.29) is 0 Å². The van der Waals surface area contributed by atoms with Gasteiger partial charge in [-0.05, 0) is 41.5 Å². The summed E-state index contributed by atoms with van der Waals surface area (Å²) in [5.41, 5.74) is 5.46. The second-order valence-corrected chi connectivity index (χ2v) is 6.04. The number of allylic oxidation sites excluding steroid dienone is 1. The van der Waals surface area contributed by atoms with Crippen molar-refractivity contribution in [3.8, 4) is 0 Å². The summed E-state index contributed by atoms with van der Waals surface area (Å²) in [7, 11) is 0. The average molecular weight is 277 g/mol. The molecule has 1 N–H and O–H groups in total. The normalized spacial score (nSPS) is 17.9. The maximum absolute atomic E-state index is 3.77. The molecule has 0 bridgehead atoms. The first-order chi connectivity index (χ1) is 10.3. The van der Waals surface area contributed by atoms with Crippen LogP contribution in [0.4, 0.5) is 5.69 Å². The van der Waals surface area contributed by atoms with Crippen molar-refractivity contribution in [3.05, 3.63) is 71.8 Å². The molecule has 108 valence electrons. The van der Waals surface area contributed by atoms with Gasteiger partial charge in [-0.25, -0.2) is 0 Å². The van der Waals surface area contributed by atoms with Crippen molar-refractivity contribution in [1.29, 1.82) is 0 Å². The van der Waals surface area contributed by atoms with Crippen LogP contribution in [-0.4, -0.2) is 6.04 Å². The minimum atomic E-state index is 0.423. The first-order valence-electron chi connectivity index (χ1n) is 7.86. The Bertz CT molecular complexity index is 625. The van der Waals surface area contributed by atoms with E-state index in [0.29, 0.717) is 12.0 Å². The standard InChI is InChI=1S/C20H23N/c1-15(2)17-11-6-7-13-19(17)21-20-14-8-12-18(20)16-9-4-3-5-10-16/h3-7,9-13,15,20-21H,8,14H2,1-2H3. The lowest BCUT2D eigenvalue weighted by atomic mass is 9.98. The minimum Gasteiger partial charge on any atom is -0.378 e. The summed E-state index contributed by atoms with van der Waals surface area (Å²) in [6.07, 6.45) is 4.72. The minimum absolute atomic E-state index is 0.423. The maximum Gasteiger partial charge on any atom is 0.0519 e. The van der Waals surface area contributed by atoms with E-state index in [2.05, 4.69) is 79.8 Å². The highest BCUT2D eigenvalue weighted by Crippen LogP contribution is 2.33. The number of benzene rings is 2. The fourth-order valence-corrected chi connectivity index (χ4v) is 3.12. The van der Waals surface area contributed by atoms with E-state index in [0.717, 1.165) is 6.42 Å². The third-order valence-electron chi connectivity index (χ3n) is 4.21. The van der Waals surface area contributed by atoms with Crippen LogP contribution in [0.2, 0.25) is 0 Å². The monoisotopic (exact) mass is 277 g/mol. The van der Waals surface area contributed by atoms with Crippen LogP contribution in [0.1, 0.15) is 43.7 Å². The molecule has 2 aromatic carbocycles. The molecule has 0 amide bonds. The van der Waals surface area contributed by atoms with Gasteiger partial charge in [0.15, 0.2) is 0 Å². The Morgan fingerprint density at radius 3 is 2.43 bits per heavy atom. The van der Waals surface area contributed by atoms with Crippen LogP contribution in [0.15, 0.2) is 60.7 Å². The lowest BCUT2D eigenvalue weighted by Gasteiger charge is -2.22. The van der Waals surface area contributed by atoms with Crippen molar-refractivity contribution in [2.24, 2.45) is 0 Å². The second-order valence-electron chi connectivity index (χ2n) is 6.04. The van der Waals surface area contributed by atoms with Crippen molar-refractivity contribution >= 4 is 11.3 Å². The van der Waals surface area contributed by atoms with Crippen LogP contribution < -0.4 is 5.32 Å². The smallest absolute Gasteiger partial charge is 0.0519 e. The van der Waals surface area contributed by atoms with Gasteiger partial charge in [0.05, 0.1) is 6.04 Å². The molecule has 2 aromatic rings. The van der Waals surface area contributed by atoms with Gasteiger partial charge in [0.25, 0.3) is 0 Å². The number of nitrogens with one attached hydrogen (secondary N) is 1. The van der Waals surface area contributed by atoms with Crippen LogP contribution in [-0.2, 0) is 0 Å². The zero-order valence-electron chi connectivity index (χ0n) is 12.8. The molecular formula is C20H23N. The lowest BCUT2D eigenvalue weighted by molar-refractivity contribution is 0.820. The van der Waals surface area contributed by atoms with Gasteiger partial charge in [-0.1, -0.05) is 68.5 Å². The van der Waals surface area contributed by atoms with E-state index in [1.807, 2.05) is 0 Å². The van der Waals surface area contributed by atoms with Crippen molar-refractivity contribution in [2.75, 3.05) is 5.32 Å². The molecule has 1 heteroatoms. The van der Waals surface area contributed by atoms with Crippen LogP contribution in [0.5, 0.6) is 0 Å². The molecule has 1 nitrogen and oxygen atoms in total. The third kappa shape index (κ3) is 3.02. The van der Waals surface area contributed by atoms with E-state index < -0.39 is 0 Å². The molecule has 0 radical (unpaired) electrons. The first kappa shape index (κ1) is 13.9. The molecule has 1 unspecified atom stereocenters. The largest absolute Gasteiger partial charge is 0.378 e. The van der Waals surface area contributed by atoms with Gasteiger partial charge in [0, 0.05) is 5.69 Å². The van der Waals surface area contributed by atoms with E-state index in [4.69, 9.17) is 0 Å². The van der Waals surface area contributed by atoms with Crippen molar-refractivity contribution < 1.29 is 0 Å². The summed E-state index contributed by atoms with van der Waals surface area (Å²) in [5, 5.41) is 3.77. The van der Waals surface area contributed by atoms with Gasteiger partial charge in [0.2, 0.25) is 0 Å². The van der Waals surface area contributed by atoms with Gasteiger partial charge < -0.3 is 5.32 Å². The Kier molecular flexibility index (Phi) is 4.10. The number of hydrogen-bond acceptors (Lipinski definition) is 1.